The monoisotopic (exact) mass is 212 g/mol. The van der Waals surface area contributed by atoms with Crippen molar-refractivity contribution in [2.75, 3.05) is 7.11 Å². The minimum atomic E-state index is -0.292. The average molecular weight is 212 g/mol. The zero-order valence-electron chi connectivity index (χ0n) is 9.05. The number of hydrogen-bond donors (Lipinski definition) is 0. The van der Waals surface area contributed by atoms with Crippen molar-refractivity contribution in [3.05, 3.63) is 24.8 Å². The summed E-state index contributed by atoms with van der Waals surface area (Å²) in [5, 5.41) is 0. The number of carbonyl (C=O) groups excluding carboxylic acids is 1. The molecule has 0 unspecified atom stereocenters. The zero-order valence-corrected chi connectivity index (χ0v) is 9.05. The Bertz CT molecular complexity index is 215. The maximum Gasteiger partial charge on any atom is 0.342 e. The predicted molar refractivity (Wildman–Crippen MR) is 54.7 cm³/mol. The fourth-order valence-corrected chi connectivity index (χ4v) is 0.709. The van der Waals surface area contributed by atoms with Gasteiger partial charge in [0.1, 0.15) is 0 Å². The Balaban J connectivity index is 0.000000280. The van der Waals surface area contributed by atoms with Gasteiger partial charge in [0.25, 0.3) is 0 Å². The molecule has 84 valence electrons. The largest absolute Gasteiger partial charge is 0.342 e. The third kappa shape index (κ3) is 10.4. The van der Waals surface area contributed by atoms with Crippen LogP contribution in [0.5, 0.6) is 0 Å². The molecule has 0 aliphatic carbocycles. The number of carbonyl (C=O) groups is 1. The topological polar surface area (TPSA) is 61.3 Å². The zero-order chi connectivity index (χ0) is 11.4. The first-order valence-electron chi connectivity index (χ1n) is 4.74. The van der Waals surface area contributed by atoms with Crippen molar-refractivity contribution in [2.45, 2.75) is 26.2 Å². The van der Waals surface area contributed by atoms with Crippen LogP contribution in [0.1, 0.15) is 26.2 Å². The van der Waals surface area contributed by atoms with Crippen molar-refractivity contribution in [1.29, 1.82) is 0 Å². The molecule has 5 heteroatoms. The molecule has 0 N–H and O–H groups in total. The highest BCUT2D eigenvalue weighted by Crippen LogP contribution is 1.95. The number of aromatic nitrogens is 2. The van der Waals surface area contributed by atoms with E-state index in [4.69, 9.17) is 0 Å². The maximum absolute atomic E-state index is 10.5. The van der Waals surface area contributed by atoms with E-state index < -0.39 is 0 Å². The van der Waals surface area contributed by atoms with Crippen LogP contribution in [-0.2, 0) is 14.6 Å². The fraction of sp³-hybridized carbons (Fsp3) is 0.500. The van der Waals surface area contributed by atoms with Crippen LogP contribution < -0.4 is 0 Å². The van der Waals surface area contributed by atoms with Gasteiger partial charge < -0.3 is 0 Å². The Hall–Kier alpha value is -1.49. The third-order valence-electron chi connectivity index (χ3n) is 1.39. The summed E-state index contributed by atoms with van der Waals surface area (Å²) in [6.45, 7) is 2.01. The van der Waals surface area contributed by atoms with E-state index in [-0.39, 0.29) is 5.97 Å². The molecule has 0 aliphatic heterocycles. The van der Waals surface area contributed by atoms with E-state index in [1.807, 2.05) is 6.92 Å². The van der Waals surface area contributed by atoms with Crippen LogP contribution in [0.15, 0.2) is 24.8 Å². The lowest BCUT2D eigenvalue weighted by atomic mass is 10.3. The van der Waals surface area contributed by atoms with Crippen molar-refractivity contribution < 1.29 is 14.6 Å². The van der Waals surface area contributed by atoms with E-state index in [2.05, 4.69) is 19.7 Å². The van der Waals surface area contributed by atoms with Crippen molar-refractivity contribution >= 4 is 5.97 Å². The van der Waals surface area contributed by atoms with Gasteiger partial charge in [-0.15, -0.1) is 0 Å². The van der Waals surface area contributed by atoms with E-state index in [1.165, 1.54) is 7.11 Å². The van der Waals surface area contributed by atoms with Gasteiger partial charge >= 0.3 is 5.97 Å². The summed E-state index contributed by atoms with van der Waals surface area (Å²) in [7, 11) is 1.32. The van der Waals surface area contributed by atoms with E-state index >= 15 is 0 Å². The van der Waals surface area contributed by atoms with Crippen molar-refractivity contribution in [3.8, 4) is 0 Å². The number of rotatable bonds is 4. The highest BCUT2D eigenvalue weighted by atomic mass is 17.2. The second kappa shape index (κ2) is 10.6. The molecular weight excluding hydrogens is 196 g/mol. The Morgan fingerprint density at radius 1 is 1.20 bits per heavy atom. The van der Waals surface area contributed by atoms with Gasteiger partial charge in [0.2, 0.25) is 0 Å². The maximum atomic E-state index is 10.5. The molecule has 0 spiro atoms. The highest BCUT2D eigenvalue weighted by molar-refractivity contribution is 5.68. The summed E-state index contributed by atoms with van der Waals surface area (Å²) >= 11 is 0. The molecule has 1 aromatic heterocycles. The first kappa shape index (κ1) is 13.5. The molecule has 0 amide bonds. The Labute approximate surface area is 89.4 Å². The summed E-state index contributed by atoms with van der Waals surface area (Å²) in [6, 6.07) is 0. The third-order valence-corrected chi connectivity index (χ3v) is 1.39. The SMILES string of the molecule is CCCCC(=O)OOC.c1cnccn1. The molecule has 1 heterocycles. The van der Waals surface area contributed by atoms with Gasteiger partial charge in [-0.2, -0.15) is 4.89 Å². The Morgan fingerprint density at radius 3 is 2.07 bits per heavy atom. The van der Waals surface area contributed by atoms with Gasteiger partial charge in [0.05, 0.1) is 7.11 Å². The van der Waals surface area contributed by atoms with Crippen molar-refractivity contribution in [1.82, 2.24) is 9.97 Å². The molecule has 0 fully saturated rings. The average Bonchev–Trinajstić information content (AvgIpc) is 2.30. The molecule has 0 atom stereocenters. The summed E-state index contributed by atoms with van der Waals surface area (Å²) in [6.07, 6.45) is 8.87. The van der Waals surface area contributed by atoms with E-state index in [1.54, 1.807) is 24.8 Å². The lowest BCUT2D eigenvalue weighted by Gasteiger charge is -1.96. The van der Waals surface area contributed by atoms with Crippen LogP contribution in [-0.4, -0.2) is 23.0 Å². The van der Waals surface area contributed by atoms with Crippen LogP contribution >= 0.6 is 0 Å². The van der Waals surface area contributed by atoms with E-state index in [0.717, 1.165) is 12.8 Å². The van der Waals surface area contributed by atoms with Gasteiger partial charge in [-0.05, 0) is 6.42 Å². The van der Waals surface area contributed by atoms with Gasteiger partial charge in [-0.1, -0.05) is 13.3 Å². The van der Waals surface area contributed by atoms with Crippen LogP contribution in [0, 0.1) is 0 Å². The first-order chi connectivity index (χ1) is 7.31. The molecule has 0 saturated carbocycles. The molecule has 0 radical (unpaired) electrons. The molecule has 0 aliphatic rings. The molecule has 1 aromatic rings. The quantitative estimate of drug-likeness (QED) is 0.562. The van der Waals surface area contributed by atoms with Gasteiger partial charge in [-0.3, -0.25) is 14.9 Å². The molecule has 0 saturated heterocycles. The van der Waals surface area contributed by atoms with Crippen LogP contribution in [0.3, 0.4) is 0 Å². The van der Waals surface area contributed by atoms with Crippen LogP contribution in [0.2, 0.25) is 0 Å². The molecular formula is C10H16N2O3. The summed E-state index contributed by atoms with van der Waals surface area (Å²) in [5.41, 5.74) is 0. The van der Waals surface area contributed by atoms with Crippen LogP contribution in [0.25, 0.3) is 0 Å². The fourth-order valence-electron chi connectivity index (χ4n) is 0.709. The molecule has 0 bridgehead atoms. The molecule has 15 heavy (non-hydrogen) atoms. The standard InChI is InChI=1S/C6H12O3.C4H4N2/c1-3-4-5-6(7)9-8-2;1-2-6-4-3-5-1/h3-5H2,1-2H3;1-4H. The minimum Gasteiger partial charge on any atom is -0.299 e. The van der Waals surface area contributed by atoms with Crippen LogP contribution in [0.4, 0.5) is 0 Å². The molecule has 0 aromatic carbocycles. The number of hydrogen-bond acceptors (Lipinski definition) is 5. The molecule has 5 nitrogen and oxygen atoms in total. The lowest BCUT2D eigenvalue weighted by molar-refractivity contribution is -0.255. The Morgan fingerprint density at radius 2 is 1.73 bits per heavy atom. The number of unbranched alkanes of at least 4 members (excludes halogenated alkanes) is 1. The lowest BCUT2D eigenvalue weighted by Crippen LogP contribution is -2.01. The van der Waals surface area contributed by atoms with Gasteiger partial charge in [-0.25, -0.2) is 4.79 Å². The highest BCUT2D eigenvalue weighted by Gasteiger charge is 1.99. The summed E-state index contributed by atoms with van der Waals surface area (Å²) in [5.74, 6) is -0.292. The van der Waals surface area contributed by atoms with Gasteiger partial charge in [0.15, 0.2) is 0 Å². The minimum absolute atomic E-state index is 0.292. The first-order valence-corrected chi connectivity index (χ1v) is 4.74. The normalized spacial score (nSPS) is 8.67. The second-order valence-electron chi connectivity index (χ2n) is 2.62. The van der Waals surface area contributed by atoms with E-state index in [0.29, 0.717) is 6.42 Å². The van der Waals surface area contributed by atoms with Crippen molar-refractivity contribution in [3.63, 3.8) is 0 Å². The molecule has 1 rings (SSSR count). The Kier molecular flexibility index (Phi) is 9.54. The summed E-state index contributed by atoms with van der Waals surface area (Å²) < 4.78 is 0. The van der Waals surface area contributed by atoms with Crippen molar-refractivity contribution in [2.24, 2.45) is 0 Å². The smallest absolute Gasteiger partial charge is 0.299 e. The van der Waals surface area contributed by atoms with E-state index in [9.17, 15) is 4.79 Å². The second-order valence-corrected chi connectivity index (χ2v) is 2.62. The number of nitrogens with zero attached hydrogens (tertiary/aromatic N) is 2. The predicted octanol–water partition coefficient (Wildman–Crippen LogP) is 1.76. The van der Waals surface area contributed by atoms with Gasteiger partial charge in [0, 0.05) is 31.2 Å². The summed E-state index contributed by atoms with van der Waals surface area (Å²) in [4.78, 5) is 26.3.